The zero-order valence-electron chi connectivity index (χ0n) is 13.7. The fourth-order valence-electron chi connectivity index (χ4n) is 3.26. The van der Waals surface area contributed by atoms with Crippen LogP contribution in [0.4, 0.5) is 0 Å². The molecule has 0 amide bonds. The van der Waals surface area contributed by atoms with Crippen LogP contribution in [0.5, 0.6) is 0 Å². The van der Waals surface area contributed by atoms with Crippen molar-refractivity contribution in [2.75, 3.05) is 32.8 Å². The highest BCUT2D eigenvalue weighted by Gasteiger charge is 2.29. The average Bonchev–Trinajstić information content (AvgIpc) is 3.23. The molecule has 118 valence electrons. The minimum Gasteiger partial charge on any atom is -0.381 e. The monoisotopic (exact) mass is 282 g/mol. The van der Waals surface area contributed by atoms with Crippen LogP contribution in [0.1, 0.15) is 52.9 Å². The number of nitrogens with one attached hydrogen (secondary N) is 1. The lowest BCUT2D eigenvalue weighted by molar-refractivity contribution is 0.0709. The topological polar surface area (TPSA) is 24.5 Å². The molecule has 0 bridgehead atoms. The molecule has 1 aliphatic heterocycles. The van der Waals surface area contributed by atoms with Gasteiger partial charge in [0.25, 0.3) is 0 Å². The van der Waals surface area contributed by atoms with Crippen molar-refractivity contribution in [3.05, 3.63) is 0 Å². The van der Waals surface area contributed by atoms with E-state index >= 15 is 0 Å². The molecular weight excluding hydrogens is 248 g/mol. The minimum atomic E-state index is 0.697. The molecule has 2 rings (SSSR count). The van der Waals surface area contributed by atoms with Crippen molar-refractivity contribution >= 4 is 0 Å². The molecule has 2 aliphatic rings. The second-order valence-corrected chi connectivity index (χ2v) is 7.07. The third-order valence-electron chi connectivity index (χ3n) is 4.73. The molecule has 1 saturated heterocycles. The predicted octanol–water partition coefficient (Wildman–Crippen LogP) is 2.90. The summed E-state index contributed by atoms with van der Waals surface area (Å²) in [5.74, 6) is 1.63. The summed E-state index contributed by atoms with van der Waals surface area (Å²) in [6, 6.07) is 1.40. The van der Waals surface area contributed by atoms with Gasteiger partial charge in [-0.25, -0.2) is 0 Å². The summed E-state index contributed by atoms with van der Waals surface area (Å²) >= 11 is 0. The number of hydrogen-bond donors (Lipinski definition) is 1. The van der Waals surface area contributed by atoms with Crippen LogP contribution in [0.25, 0.3) is 0 Å². The summed E-state index contributed by atoms with van der Waals surface area (Å²) in [7, 11) is 0. The second kappa shape index (κ2) is 8.35. The van der Waals surface area contributed by atoms with Gasteiger partial charge in [-0.1, -0.05) is 27.2 Å². The molecule has 1 heterocycles. The van der Waals surface area contributed by atoms with E-state index in [2.05, 4.69) is 31.0 Å². The Morgan fingerprint density at radius 1 is 1.30 bits per heavy atom. The fraction of sp³-hybridized carbons (Fsp3) is 1.00. The van der Waals surface area contributed by atoms with Crippen LogP contribution >= 0.6 is 0 Å². The van der Waals surface area contributed by atoms with Gasteiger partial charge in [-0.15, -0.1) is 0 Å². The first-order valence-corrected chi connectivity index (χ1v) is 8.75. The summed E-state index contributed by atoms with van der Waals surface area (Å²) < 4.78 is 5.78. The van der Waals surface area contributed by atoms with Gasteiger partial charge < -0.3 is 10.1 Å². The SMILES string of the molecule is CCCC1CN(CCCOCC2CC2)C(C(C)C)CN1. The zero-order valence-corrected chi connectivity index (χ0v) is 13.7. The maximum Gasteiger partial charge on any atom is 0.0494 e. The molecule has 0 aromatic carbocycles. The lowest BCUT2D eigenvalue weighted by atomic mass is 9.97. The van der Waals surface area contributed by atoms with E-state index < -0.39 is 0 Å². The molecule has 1 saturated carbocycles. The van der Waals surface area contributed by atoms with Crippen LogP contribution in [0, 0.1) is 11.8 Å². The Labute approximate surface area is 125 Å². The Balaban J connectivity index is 1.68. The van der Waals surface area contributed by atoms with Gasteiger partial charge in [0.2, 0.25) is 0 Å². The maximum absolute atomic E-state index is 5.78. The largest absolute Gasteiger partial charge is 0.381 e. The molecule has 2 atom stereocenters. The van der Waals surface area contributed by atoms with Crippen LogP contribution in [0.2, 0.25) is 0 Å². The summed E-state index contributed by atoms with van der Waals surface area (Å²) in [6.45, 7) is 12.5. The van der Waals surface area contributed by atoms with Gasteiger partial charge in [0.15, 0.2) is 0 Å². The smallest absolute Gasteiger partial charge is 0.0494 e. The van der Waals surface area contributed by atoms with Gasteiger partial charge in [-0.2, -0.15) is 0 Å². The second-order valence-electron chi connectivity index (χ2n) is 7.07. The Morgan fingerprint density at radius 2 is 2.10 bits per heavy atom. The van der Waals surface area contributed by atoms with Crippen LogP contribution in [-0.2, 0) is 4.74 Å². The number of hydrogen-bond acceptors (Lipinski definition) is 3. The molecule has 3 nitrogen and oxygen atoms in total. The summed E-state index contributed by atoms with van der Waals surface area (Å²) in [4.78, 5) is 2.71. The summed E-state index contributed by atoms with van der Waals surface area (Å²) in [6.07, 6.45) is 6.56. The number of nitrogens with zero attached hydrogens (tertiary/aromatic N) is 1. The van der Waals surface area contributed by atoms with Crippen molar-refractivity contribution in [3.8, 4) is 0 Å². The first kappa shape index (κ1) is 16.3. The molecule has 20 heavy (non-hydrogen) atoms. The van der Waals surface area contributed by atoms with E-state index in [9.17, 15) is 0 Å². The molecule has 0 aromatic rings. The van der Waals surface area contributed by atoms with E-state index in [1.54, 1.807) is 0 Å². The van der Waals surface area contributed by atoms with Gasteiger partial charge in [0.05, 0.1) is 0 Å². The van der Waals surface area contributed by atoms with E-state index in [0.29, 0.717) is 12.1 Å². The number of ether oxygens (including phenoxy) is 1. The van der Waals surface area contributed by atoms with Crippen LogP contribution < -0.4 is 5.32 Å². The minimum absolute atomic E-state index is 0.697. The van der Waals surface area contributed by atoms with Crippen molar-refractivity contribution in [1.82, 2.24) is 10.2 Å². The van der Waals surface area contributed by atoms with Gasteiger partial charge >= 0.3 is 0 Å². The first-order chi connectivity index (χ1) is 9.70. The lowest BCUT2D eigenvalue weighted by Crippen LogP contribution is -2.58. The van der Waals surface area contributed by atoms with E-state index in [-0.39, 0.29) is 0 Å². The molecule has 0 radical (unpaired) electrons. The van der Waals surface area contributed by atoms with E-state index in [4.69, 9.17) is 4.74 Å². The Kier molecular flexibility index (Phi) is 6.79. The molecule has 2 unspecified atom stereocenters. The summed E-state index contributed by atoms with van der Waals surface area (Å²) in [5, 5.41) is 3.73. The first-order valence-electron chi connectivity index (χ1n) is 8.75. The van der Waals surface area contributed by atoms with Gasteiger partial charge in [0, 0.05) is 44.9 Å². The number of rotatable bonds is 9. The molecule has 0 aromatic heterocycles. The van der Waals surface area contributed by atoms with Crippen molar-refractivity contribution in [3.63, 3.8) is 0 Å². The molecule has 2 fully saturated rings. The normalized spacial score (nSPS) is 28.2. The Morgan fingerprint density at radius 3 is 2.75 bits per heavy atom. The highest BCUT2D eigenvalue weighted by molar-refractivity contribution is 4.87. The standard InChI is InChI=1S/C17H34N2O/c1-4-6-16-12-19(17(11-18-16)14(2)3)9-5-10-20-13-15-7-8-15/h14-18H,4-13H2,1-3H3. The van der Waals surface area contributed by atoms with E-state index in [0.717, 1.165) is 31.6 Å². The van der Waals surface area contributed by atoms with E-state index in [1.165, 1.54) is 45.2 Å². The molecule has 3 heteroatoms. The van der Waals surface area contributed by atoms with Gasteiger partial charge in [-0.3, -0.25) is 4.90 Å². The van der Waals surface area contributed by atoms with Crippen molar-refractivity contribution < 1.29 is 4.74 Å². The van der Waals surface area contributed by atoms with Gasteiger partial charge in [-0.05, 0) is 37.5 Å². The Bertz CT molecular complexity index is 266. The van der Waals surface area contributed by atoms with Crippen LogP contribution in [-0.4, -0.2) is 49.8 Å². The zero-order chi connectivity index (χ0) is 14.4. The third-order valence-corrected chi connectivity index (χ3v) is 4.73. The highest BCUT2D eigenvalue weighted by atomic mass is 16.5. The molecular formula is C17H34N2O. The number of piperazine rings is 1. The third kappa shape index (κ3) is 5.34. The van der Waals surface area contributed by atoms with Crippen LogP contribution in [0.3, 0.4) is 0 Å². The molecule has 0 spiro atoms. The van der Waals surface area contributed by atoms with Crippen molar-refractivity contribution in [2.24, 2.45) is 11.8 Å². The Hall–Kier alpha value is -0.120. The molecule has 1 aliphatic carbocycles. The average molecular weight is 282 g/mol. The van der Waals surface area contributed by atoms with Crippen LogP contribution in [0.15, 0.2) is 0 Å². The fourth-order valence-corrected chi connectivity index (χ4v) is 3.26. The quantitative estimate of drug-likeness (QED) is 0.658. The lowest BCUT2D eigenvalue weighted by Gasteiger charge is -2.42. The molecule has 1 N–H and O–H groups in total. The highest BCUT2D eigenvalue weighted by Crippen LogP contribution is 2.28. The predicted molar refractivity (Wildman–Crippen MR) is 85.1 cm³/mol. The van der Waals surface area contributed by atoms with E-state index in [1.807, 2.05) is 0 Å². The summed E-state index contributed by atoms with van der Waals surface area (Å²) in [5.41, 5.74) is 0. The van der Waals surface area contributed by atoms with Crippen molar-refractivity contribution in [2.45, 2.75) is 65.0 Å². The van der Waals surface area contributed by atoms with Gasteiger partial charge in [0.1, 0.15) is 0 Å². The maximum atomic E-state index is 5.78. The van der Waals surface area contributed by atoms with Crippen molar-refractivity contribution in [1.29, 1.82) is 0 Å².